The van der Waals surface area contributed by atoms with Crippen LogP contribution < -0.4 is 0 Å². The highest BCUT2D eigenvalue weighted by Gasteiger charge is 2.50. The van der Waals surface area contributed by atoms with Crippen LogP contribution in [0.4, 0.5) is 13.2 Å². The van der Waals surface area contributed by atoms with Gasteiger partial charge >= 0.3 is 12.1 Å². The van der Waals surface area contributed by atoms with Crippen LogP contribution in [0.15, 0.2) is 65.8 Å². The Kier molecular flexibility index (Phi) is 6.37. The highest BCUT2D eigenvalue weighted by atomic mass is 19.4. The van der Waals surface area contributed by atoms with Gasteiger partial charge in [-0.25, -0.2) is 0 Å². The molecule has 0 bridgehead atoms. The molecule has 202 valence electrons. The number of carbonyl (C=O) groups is 2. The molecule has 1 atom stereocenters. The second kappa shape index (κ2) is 9.75. The third-order valence-corrected chi connectivity index (χ3v) is 7.88. The molecule has 2 amide bonds. The number of carbonyl (C=O) groups excluding carboxylic acids is 2. The molecule has 0 radical (unpaired) electrons. The van der Waals surface area contributed by atoms with Gasteiger partial charge in [-0.1, -0.05) is 42.5 Å². The number of halogens is 3. The number of ether oxygens (including phenoxy) is 1. The lowest BCUT2D eigenvalue weighted by Gasteiger charge is -2.30. The molecule has 0 aliphatic carbocycles. The Morgan fingerprint density at radius 2 is 1.74 bits per heavy atom. The van der Waals surface area contributed by atoms with Crippen molar-refractivity contribution in [1.82, 2.24) is 14.8 Å². The quantitative estimate of drug-likeness (QED) is 0.494. The summed E-state index contributed by atoms with van der Waals surface area (Å²) in [4.78, 5) is 37.3. The van der Waals surface area contributed by atoms with E-state index in [0.717, 1.165) is 32.5 Å². The Labute approximate surface area is 223 Å². The van der Waals surface area contributed by atoms with Crippen LogP contribution >= 0.6 is 0 Å². The van der Waals surface area contributed by atoms with E-state index in [9.17, 15) is 22.8 Å². The van der Waals surface area contributed by atoms with Gasteiger partial charge in [0.1, 0.15) is 11.4 Å². The third-order valence-electron chi connectivity index (χ3n) is 7.88. The lowest BCUT2D eigenvalue weighted by atomic mass is 9.90. The van der Waals surface area contributed by atoms with Crippen molar-refractivity contribution < 1.29 is 27.5 Å². The summed E-state index contributed by atoms with van der Waals surface area (Å²) >= 11 is 0. The number of hydrogen-bond acceptors (Lipinski definition) is 5. The summed E-state index contributed by atoms with van der Waals surface area (Å²) in [6, 6.07) is 17.8. The van der Waals surface area contributed by atoms with Gasteiger partial charge in [-0.05, 0) is 35.6 Å². The molecule has 2 fully saturated rings. The van der Waals surface area contributed by atoms with Crippen LogP contribution in [0.3, 0.4) is 0 Å². The number of amides is 2. The number of nitrogens with zero attached hydrogens (tertiary/aromatic N) is 4. The van der Waals surface area contributed by atoms with Crippen LogP contribution in [0, 0.1) is 5.92 Å². The van der Waals surface area contributed by atoms with E-state index in [1.165, 1.54) is 0 Å². The van der Waals surface area contributed by atoms with Crippen molar-refractivity contribution in [2.45, 2.75) is 31.0 Å². The molecule has 2 saturated heterocycles. The molecule has 2 aromatic carbocycles. The van der Waals surface area contributed by atoms with Gasteiger partial charge in [0.2, 0.25) is 0 Å². The second-order valence-electron chi connectivity index (χ2n) is 10.4. The lowest BCUT2D eigenvalue weighted by molar-refractivity contribution is -0.184. The number of alkyl halides is 3. The van der Waals surface area contributed by atoms with Gasteiger partial charge < -0.3 is 9.64 Å². The molecule has 3 aliphatic heterocycles. The Hall–Kier alpha value is -3.79. The number of rotatable bonds is 4. The van der Waals surface area contributed by atoms with Crippen molar-refractivity contribution >= 4 is 28.6 Å². The molecule has 10 heteroatoms. The van der Waals surface area contributed by atoms with Gasteiger partial charge in [0.15, 0.2) is 0 Å². The molecule has 0 saturated carbocycles. The van der Waals surface area contributed by atoms with Gasteiger partial charge in [-0.15, -0.1) is 0 Å². The Balaban J connectivity index is 1.27. The van der Waals surface area contributed by atoms with E-state index >= 15 is 0 Å². The molecular weight excluding hydrogens is 509 g/mol. The molecule has 3 aromatic rings. The predicted molar refractivity (Wildman–Crippen MR) is 139 cm³/mol. The number of amidine groups is 1. The predicted octanol–water partition coefficient (Wildman–Crippen LogP) is 4.45. The van der Waals surface area contributed by atoms with E-state index in [4.69, 9.17) is 9.73 Å². The zero-order valence-electron chi connectivity index (χ0n) is 21.2. The van der Waals surface area contributed by atoms with Crippen LogP contribution in [0.5, 0.6) is 0 Å². The van der Waals surface area contributed by atoms with E-state index in [1.54, 1.807) is 11.1 Å². The molecule has 6 rings (SSSR count). The monoisotopic (exact) mass is 536 g/mol. The van der Waals surface area contributed by atoms with E-state index in [2.05, 4.69) is 4.98 Å². The van der Waals surface area contributed by atoms with Crippen LogP contribution in [0.1, 0.15) is 24.8 Å². The SMILES string of the molecule is O=C(N1CC[C@@H](CN2C(=O)C3(CCOCC3)N=C2c2ccc(-c3ccc4cccnc4c3)cc2)C1)C(F)(F)F. The second-order valence-corrected chi connectivity index (χ2v) is 10.4. The fraction of sp³-hybridized carbons (Fsp3) is 0.379. The minimum Gasteiger partial charge on any atom is -0.381 e. The van der Waals surface area contributed by atoms with Crippen molar-refractivity contribution in [3.05, 3.63) is 66.4 Å². The maximum atomic E-state index is 13.7. The molecule has 1 spiro atoms. The highest BCUT2D eigenvalue weighted by molar-refractivity contribution is 6.15. The van der Waals surface area contributed by atoms with E-state index in [0.29, 0.717) is 38.3 Å². The van der Waals surface area contributed by atoms with Gasteiger partial charge in [-0.2, -0.15) is 13.2 Å². The third kappa shape index (κ3) is 4.78. The highest BCUT2D eigenvalue weighted by Crippen LogP contribution is 2.36. The summed E-state index contributed by atoms with van der Waals surface area (Å²) in [6.45, 7) is 1.03. The van der Waals surface area contributed by atoms with Crippen molar-refractivity contribution in [1.29, 1.82) is 0 Å². The number of likely N-dealkylation sites (tertiary alicyclic amines) is 1. The summed E-state index contributed by atoms with van der Waals surface area (Å²) in [5.74, 6) is -1.72. The lowest BCUT2D eigenvalue weighted by Crippen LogP contribution is -2.47. The first-order chi connectivity index (χ1) is 18.7. The standard InChI is InChI=1S/C29H27F3N4O3/c30-29(31,32)27(38)35-13-9-19(17-35)18-36-25(34-28(26(36)37)10-14-39-15-11-28)22-6-3-20(4-7-22)23-8-5-21-2-1-12-33-24(21)16-23/h1-8,12,16,19H,9-11,13-15,17-18H2/t19-/m1/s1. The smallest absolute Gasteiger partial charge is 0.381 e. The minimum absolute atomic E-state index is 0.0197. The number of hydrogen-bond donors (Lipinski definition) is 0. The summed E-state index contributed by atoms with van der Waals surface area (Å²) in [5, 5.41) is 1.05. The average Bonchev–Trinajstić information content (AvgIpc) is 3.51. The molecular formula is C29H27F3N4O3. The topological polar surface area (TPSA) is 75.1 Å². The largest absolute Gasteiger partial charge is 0.471 e. The molecule has 0 unspecified atom stereocenters. The first-order valence-corrected chi connectivity index (χ1v) is 13.0. The van der Waals surface area contributed by atoms with E-state index < -0.39 is 17.6 Å². The molecule has 0 N–H and O–H groups in total. The maximum Gasteiger partial charge on any atom is 0.471 e. The molecule has 7 nitrogen and oxygen atoms in total. The van der Waals surface area contributed by atoms with Crippen molar-refractivity contribution in [3.8, 4) is 11.1 Å². The molecule has 3 aliphatic rings. The van der Waals surface area contributed by atoms with Gasteiger partial charge in [0.05, 0.1) is 5.52 Å². The number of aliphatic imine (C=N–C) groups is 1. The Morgan fingerprint density at radius 3 is 2.49 bits per heavy atom. The van der Waals surface area contributed by atoms with Gasteiger partial charge in [0, 0.05) is 62.8 Å². The van der Waals surface area contributed by atoms with Gasteiger partial charge in [0.25, 0.3) is 5.91 Å². The van der Waals surface area contributed by atoms with E-state index in [-0.39, 0.29) is 31.5 Å². The summed E-state index contributed by atoms with van der Waals surface area (Å²) in [5.41, 5.74) is 2.73. The fourth-order valence-corrected chi connectivity index (χ4v) is 5.74. The number of aromatic nitrogens is 1. The number of benzene rings is 2. The zero-order valence-corrected chi connectivity index (χ0v) is 21.2. The molecule has 4 heterocycles. The molecule has 39 heavy (non-hydrogen) atoms. The summed E-state index contributed by atoms with van der Waals surface area (Å²) in [6.07, 6.45) is -1.84. The maximum absolute atomic E-state index is 13.7. The van der Waals surface area contributed by atoms with Crippen LogP contribution in [0.2, 0.25) is 0 Å². The van der Waals surface area contributed by atoms with Crippen LogP contribution in [-0.2, 0) is 14.3 Å². The number of pyridine rings is 1. The van der Waals surface area contributed by atoms with Crippen molar-refractivity contribution in [2.75, 3.05) is 32.8 Å². The summed E-state index contributed by atoms with van der Waals surface area (Å²) in [7, 11) is 0. The fourth-order valence-electron chi connectivity index (χ4n) is 5.74. The summed E-state index contributed by atoms with van der Waals surface area (Å²) < 4.78 is 44.4. The zero-order chi connectivity index (χ0) is 27.2. The first kappa shape index (κ1) is 25.5. The van der Waals surface area contributed by atoms with E-state index in [1.807, 2.05) is 54.6 Å². The van der Waals surface area contributed by atoms with Crippen molar-refractivity contribution in [3.63, 3.8) is 0 Å². The van der Waals surface area contributed by atoms with Crippen LogP contribution in [-0.4, -0.2) is 77.0 Å². The normalized spacial score (nSPS) is 21.2. The minimum atomic E-state index is -4.90. The van der Waals surface area contributed by atoms with Crippen molar-refractivity contribution in [2.24, 2.45) is 10.9 Å². The molecule has 1 aromatic heterocycles. The average molecular weight is 537 g/mol. The Morgan fingerprint density at radius 1 is 1.03 bits per heavy atom. The van der Waals surface area contributed by atoms with Gasteiger partial charge in [-0.3, -0.25) is 24.5 Å². The first-order valence-electron chi connectivity index (χ1n) is 13.0. The number of fused-ring (bicyclic) bond motifs is 1. The Bertz CT molecular complexity index is 1450. The van der Waals surface area contributed by atoms with Crippen LogP contribution in [0.25, 0.3) is 22.0 Å².